The molecule has 0 saturated carbocycles. The van der Waals surface area contributed by atoms with Crippen LogP contribution < -0.4 is 5.48 Å². The lowest BCUT2D eigenvalue weighted by Gasteiger charge is -2.29. The Morgan fingerprint density at radius 1 is 1.08 bits per heavy atom. The molecule has 0 spiro atoms. The quantitative estimate of drug-likeness (QED) is 0.170. The van der Waals surface area contributed by atoms with Gasteiger partial charge in [-0.1, -0.05) is 66.7 Å². The van der Waals surface area contributed by atoms with Crippen molar-refractivity contribution in [2.24, 2.45) is 0 Å². The van der Waals surface area contributed by atoms with E-state index in [2.05, 4.69) is 11.1 Å². The Kier molecular flexibility index (Phi) is 7.23. The van der Waals surface area contributed by atoms with Gasteiger partial charge in [-0.05, 0) is 59.2 Å². The number of para-hydroxylation sites is 1. The van der Waals surface area contributed by atoms with Crippen LogP contribution in [0.4, 0.5) is 0 Å². The van der Waals surface area contributed by atoms with Crippen molar-refractivity contribution in [2.75, 3.05) is 6.54 Å². The third-order valence-electron chi connectivity index (χ3n) is 6.92. The number of nitrogens with one attached hydrogen (secondary N) is 2. The number of rotatable bonds is 9. The molecule has 0 radical (unpaired) electrons. The third-order valence-corrected chi connectivity index (χ3v) is 8.77. The summed E-state index contributed by atoms with van der Waals surface area (Å²) in [6.07, 6.45) is 6.89. The van der Waals surface area contributed by atoms with Crippen molar-refractivity contribution in [2.45, 2.75) is 31.1 Å². The second-order valence-electron chi connectivity index (χ2n) is 9.28. The number of carbonyl (C=O) groups is 1. The van der Waals surface area contributed by atoms with E-state index in [0.29, 0.717) is 19.4 Å². The average molecular weight is 516 g/mol. The van der Waals surface area contributed by atoms with Gasteiger partial charge in [-0.2, -0.15) is 4.31 Å². The molecule has 0 saturated heterocycles. The van der Waals surface area contributed by atoms with Gasteiger partial charge in [0.2, 0.25) is 10.0 Å². The monoisotopic (exact) mass is 515 g/mol. The van der Waals surface area contributed by atoms with Crippen LogP contribution in [0, 0.1) is 0 Å². The van der Waals surface area contributed by atoms with Crippen LogP contribution in [-0.2, 0) is 33.4 Å². The fourth-order valence-corrected chi connectivity index (χ4v) is 6.91. The standard InChI is InChI=1S/C29H29N3O4S/c33-29(31-34)15-11-21-10-13-26-23(18-21)12-14-28(26)32(37(35,36)20-22-6-2-1-3-7-22)17-16-24-19-30-27-9-5-4-8-25(24)27/h1-11,13,15,18-19,28,30,34H,12,14,16-17,20H2,(H,31,33). The van der Waals surface area contributed by atoms with Crippen LogP contribution in [0.1, 0.15) is 40.3 Å². The van der Waals surface area contributed by atoms with Crippen molar-refractivity contribution in [1.29, 1.82) is 0 Å². The molecule has 3 aromatic carbocycles. The number of aromatic amines is 1. The Hall–Kier alpha value is -3.72. The van der Waals surface area contributed by atoms with Gasteiger partial charge >= 0.3 is 0 Å². The van der Waals surface area contributed by atoms with Crippen LogP contribution >= 0.6 is 0 Å². The van der Waals surface area contributed by atoms with Crippen molar-refractivity contribution in [3.05, 3.63) is 113 Å². The van der Waals surface area contributed by atoms with E-state index in [1.54, 1.807) is 15.9 Å². The number of aryl methyl sites for hydroxylation is 1. The number of fused-ring (bicyclic) bond motifs is 2. The van der Waals surface area contributed by atoms with Gasteiger partial charge in [0, 0.05) is 29.7 Å². The Morgan fingerprint density at radius 3 is 2.68 bits per heavy atom. The van der Waals surface area contributed by atoms with Crippen molar-refractivity contribution in [3.63, 3.8) is 0 Å². The summed E-state index contributed by atoms with van der Waals surface area (Å²) in [5, 5.41) is 9.82. The highest BCUT2D eigenvalue weighted by molar-refractivity contribution is 7.88. The molecule has 1 aliphatic rings. The summed E-state index contributed by atoms with van der Waals surface area (Å²) in [6, 6.07) is 22.9. The Labute approximate surface area is 216 Å². The van der Waals surface area contributed by atoms with Gasteiger partial charge in [-0.25, -0.2) is 13.9 Å². The second kappa shape index (κ2) is 10.7. The van der Waals surface area contributed by atoms with E-state index in [9.17, 15) is 13.2 Å². The predicted molar refractivity (Wildman–Crippen MR) is 144 cm³/mol. The maximum Gasteiger partial charge on any atom is 0.267 e. The molecule has 4 aromatic rings. The first-order valence-corrected chi connectivity index (χ1v) is 13.9. The molecule has 1 atom stereocenters. The SMILES string of the molecule is O=C(C=Cc1ccc2c(c1)CCC2N(CCc1c[nH]c2ccccc12)S(=O)(=O)Cc1ccccc1)NO. The molecule has 1 heterocycles. The second-order valence-corrected chi connectivity index (χ2v) is 11.2. The van der Waals surface area contributed by atoms with E-state index in [1.807, 2.05) is 72.9 Å². The van der Waals surface area contributed by atoms with Crippen molar-refractivity contribution in [1.82, 2.24) is 14.8 Å². The highest BCUT2D eigenvalue weighted by Gasteiger charge is 2.35. The number of hydrogen-bond donors (Lipinski definition) is 3. The van der Waals surface area contributed by atoms with Gasteiger partial charge in [0.1, 0.15) is 0 Å². The maximum atomic E-state index is 13.8. The molecule has 5 rings (SSSR count). The van der Waals surface area contributed by atoms with E-state index in [1.165, 1.54) is 6.08 Å². The van der Waals surface area contributed by atoms with Gasteiger partial charge in [0.05, 0.1) is 11.8 Å². The van der Waals surface area contributed by atoms with Gasteiger partial charge in [-0.3, -0.25) is 10.0 Å². The summed E-state index contributed by atoms with van der Waals surface area (Å²) in [5.74, 6) is -0.654. The number of carbonyl (C=O) groups excluding carboxylic acids is 1. The van der Waals surface area contributed by atoms with Crippen molar-refractivity contribution < 1.29 is 18.4 Å². The summed E-state index contributed by atoms with van der Waals surface area (Å²) >= 11 is 0. The molecule has 1 amide bonds. The van der Waals surface area contributed by atoms with E-state index in [-0.39, 0.29) is 11.8 Å². The summed E-state index contributed by atoms with van der Waals surface area (Å²) < 4.78 is 29.4. The topological polar surface area (TPSA) is 103 Å². The average Bonchev–Trinajstić information content (AvgIpc) is 3.52. The molecule has 0 fully saturated rings. The number of H-pyrrole nitrogens is 1. The number of amides is 1. The summed E-state index contributed by atoms with van der Waals surface area (Å²) in [5.41, 5.74) is 7.37. The Morgan fingerprint density at radius 2 is 1.86 bits per heavy atom. The largest absolute Gasteiger partial charge is 0.361 e. The molecule has 190 valence electrons. The minimum atomic E-state index is -3.61. The van der Waals surface area contributed by atoms with Crippen LogP contribution in [0.3, 0.4) is 0 Å². The highest BCUT2D eigenvalue weighted by Crippen LogP contribution is 2.39. The van der Waals surface area contributed by atoms with Crippen molar-refractivity contribution in [3.8, 4) is 0 Å². The van der Waals surface area contributed by atoms with Crippen LogP contribution in [0.15, 0.2) is 85.1 Å². The summed E-state index contributed by atoms with van der Waals surface area (Å²) in [6.45, 7) is 0.374. The van der Waals surface area contributed by atoms with E-state index in [0.717, 1.165) is 45.1 Å². The zero-order chi connectivity index (χ0) is 25.8. The van der Waals surface area contributed by atoms with Crippen LogP contribution in [0.25, 0.3) is 17.0 Å². The maximum absolute atomic E-state index is 13.8. The van der Waals surface area contributed by atoms with E-state index in [4.69, 9.17) is 5.21 Å². The molecular weight excluding hydrogens is 486 g/mol. The van der Waals surface area contributed by atoms with Gasteiger partial charge < -0.3 is 4.98 Å². The van der Waals surface area contributed by atoms with Gasteiger partial charge in [0.15, 0.2) is 0 Å². The van der Waals surface area contributed by atoms with Crippen LogP contribution in [0.5, 0.6) is 0 Å². The molecule has 0 aliphatic heterocycles. The first kappa shape index (κ1) is 25.0. The Balaban J connectivity index is 1.45. The molecular formula is C29H29N3O4S. The molecule has 3 N–H and O–H groups in total. The summed E-state index contributed by atoms with van der Waals surface area (Å²) in [7, 11) is -3.61. The lowest BCUT2D eigenvalue weighted by molar-refractivity contribution is -0.124. The molecule has 0 bridgehead atoms. The minimum Gasteiger partial charge on any atom is -0.361 e. The Bertz CT molecular complexity index is 1540. The fourth-order valence-electron chi connectivity index (χ4n) is 5.15. The molecule has 37 heavy (non-hydrogen) atoms. The number of sulfonamides is 1. The molecule has 1 aromatic heterocycles. The minimum absolute atomic E-state index is 0.0509. The van der Waals surface area contributed by atoms with Crippen molar-refractivity contribution >= 4 is 32.9 Å². The number of hydrogen-bond acceptors (Lipinski definition) is 4. The molecule has 1 unspecified atom stereocenters. The first-order chi connectivity index (χ1) is 17.9. The number of nitrogens with zero attached hydrogens (tertiary/aromatic N) is 1. The van der Waals surface area contributed by atoms with E-state index >= 15 is 0 Å². The normalized spacial score (nSPS) is 15.5. The lowest BCUT2D eigenvalue weighted by atomic mass is 10.0. The number of hydroxylamine groups is 1. The highest BCUT2D eigenvalue weighted by atomic mass is 32.2. The van der Waals surface area contributed by atoms with Crippen LogP contribution in [0.2, 0.25) is 0 Å². The first-order valence-electron chi connectivity index (χ1n) is 12.3. The zero-order valence-electron chi connectivity index (χ0n) is 20.3. The number of aromatic nitrogens is 1. The predicted octanol–water partition coefficient (Wildman–Crippen LogP) is 4.75. The van der Waals surface area contributed by atoms with E-state index < -0.39 is 15.9 Å². The molecule has 8 heteroatoms. The van der Waals surface area contributed by atoms with Gasteiger partial charge in [-0.15, -0.1) is 0 Å². The van der Waals surface area contributed by atoms with Gasteiger partial charge in [0.25, 0.3) is 5.91 Å². The molecule has 7 nitrogen and oxygen atoms in total. The fraction of sp³-hybridized carbons (Fsp3) is 0.207. The van der Waals surface area contributed by atoms with Crippen LogP contribution in [-0.4, -0.2) is 35.4 Å². The zero-order valence-corrected chi connectivity index (χ0v) is 21.1. The number of benzene rings is 3. The summed E-state index contributed by atoms with van der Waals surface area (Å²) in [4.78, 5) is 14.6. The molecule has 1 aliphatic carbocycles. The third kappa shape index (κ3) is 5.51. The smallest absolute Gasteiger partial charge is 0.267 e. The lowest BCUT2D eigenvalue weighted by Crippen LogP contribution is -2.36.